The zero-order valence-corrected chi connectivity index (χ0v) is 16.8. The number of nitrogens with two attached hydrogens (primary N) is 1. The Labute approximate surface area is 177 Å². The topological polar surface area (TPSA) is 65.9 Å². The zero-order chi connectivity index (χ0) is 19.9. The van der Waals surface area contributed by atoms with Gasteiger partial charge in [0, 0.05) is 15.8 Å². The number of nitrogens with zero attached hydrogens (tertiary/aromatic N) is 2. The van der Waals surface area contributed by atoms with E-state index < -0.39 is 0 Å². The smallest absolute Gasteiger partial charge is 0.228 e. The van der Waals surface area contributed by atoms with Crippen LogP contribution in [0.3, 0.4) is 0 Å². The molecule has 5 nitrogen and oxygen atoms in total. The van der Waals surface area contributed by atoms with Crippen LogP contribution in [0, 0.1) is 0 Å². The number of hydrogen-bond donors (Lipinski definition) is 3. The molecule has 4 N–H and O–H groups in total. The molecule has 0 bridgehead atoms. The first kappa shape index (κ1) is 17.3. The van der Waals surface area contributed by atoms with Crippen LogP contribution in [-0.4, -0.2) is 10.8 Å². The Hall–Kier alpha value is -3.58. The van der Waals surface area contributed by atoms with Crippen LogP contribution in [0.1, 0.15) is 5.69 Å². The van der Waals surface area contributed by atoms with Crippen LogP contribution >= 0.6 is 11.3 Å². The number of aromatic nitrogens is 1. The highest BCUT2D eigenvalue weighted by Gasteiger charge is 2.17. The van der Waals surface area contributed by atoms with Crippen LogP contribution in [0.2, 0.25) is 0 Å². The first-order valence-electron chi connectivity index (χ1n) is 9.75. The van der Waals surface area contributed by atoms with E-state index in [9.17, 15) is 0 Å². The number of thiophene rings is 1. The van der Waals surface area contributed by atoms with Crippen molar-refractivity contribution >= 4 is 38.8 Å². The summed E-state index contributed by atoms with van der Waals surface area (Å²) >= 11 is 1.75. The van der Waals surface area contributed by atoms with Crippen LogP contribution in [0.5, 0.6) is 0 Å². The average molecular weight is 409 g/mol. The van der Waals surface area contributed by atoms with Crippen molar-refractivity contribution in [3.05, 3.63) is 89.9 Å². The SMILES string of the molecule is c1csc(-c2cc(-c3cccc4ccccc34)c3nc(C4=N[NH2+]NN4)ccc3c2)c1. The molecule has 0 fully saturated rings. The van der Waals surface area contributed by atoms with E-state index in [-0.39, 0.29) is 0 Å². The fourth-order valence-corrected chi connectivity index (χ4v) is 4.69. The van der Waals surface area contributed by atoms with Gasteiger partial charge in [-0.05, 0) is 56.6 Å². The largest absolute Gasteiger partial charge is 0.253 e. The fourth-order valence-electron chi connectivity index (χ4n) is 3.98. The Morgan fingerprint density at radius 1 is 0.800 bits per heavy atom. The molecule has 6 rings (SSSR count). The number of nitrogens with one attached hydrogen (secondary N) is 2. The van der Waals surface area contributed by atoms with Crippen LogP contribution in [0.25, 0.3) is 43.2 Å². The highest BCUT2D eigenvalue weighted by atomic mass is 32.1. The van der Waals surface area contributed by atoms with Gasteiger partial charge in [-0.15, -0.1) is 16.9 Å². The second-order valence-electron chi connectivity index (χ2n) is 7.17. The molecule has 0 radical (unpaired) electrons. The Balaban J connectivity index is 1.67. The average Bonchev–Trinajstić information content (AvgIpc) is 3.52. The Bertz CT molecular complexity index is 1420. The maximum Gasteiger partial charge on any atom is 0.228 e. The summed E-state index contributed by atoms with van der Waals surface area (Å²) in [7, 11) is 0. The number of quaternary nitrogens is 1. The van der Waals surface area contributed by atoms with Crippen molar-refractivity contribution in [1.29, 1.82) is 0 Å². The van der Waals surface area contributed by atoms with Crippen LogP contribution in [0.4, 0.5) is 0 Å². The third-order valence-electron chi connectivity index (χ3n) is 5.37. The molecule has 0 saturated carbocycles. The molecule has 2 aromatic heterocycles. The molecule has 6 heteroatoms. The molecule has 144 valence electrons. The summed E-state index contributed by atoms with van der Waals surface area (Å²) in [4.78, 5) is 6.27. The third-order valence-corrected chi connectivity index (χ3v) is 6.29. The minimum atomic E-state index is 0.725. The summed E-state index contributed by atoms with van der Waals surface area (Å²) in [6.45, 7) is 0. The number of hydrogen-bond acceptors (Lipinski definition) is 5. The molecule has 0 amide bonds. The molecule has 0 unspecified atom stereocenters. The minimum absolute atomic E-state index is 0.725. The van der Waals surface area contributed by atoms with Gasteiger partial charge in [0.15, 0.2) is 0 Å². The fraction of sp³-hybridized carbons (Fsp3) is 0. The number of hydrazine groups is 1. The molecule has 1 aliphatic heterocycles. The van der Waals surface area contributed by atoms with Crippen molar-refractivity contribution in [2.24, 2.45) is 5.10 Å². The van der Waals surface area contributed by atoms with Crippen molar-refractivity contribution in [3.63, 3.8) is 0 Å². The lowest BCUT2D eigenvalue weighted by molar-refractivity contribution is -0.713. The molecular weight excluding hydrogens is 390 g/mol. The second kappa shape index (κ2) is 7.03. The Morgan fingerprint density at radius 3 is 2.60 bits per heavy atom. The van der Waals surface area contributed by atoms with E-state index in [4.69, 9.17) is 4.98 Å². The molecular formula is C24H18N5S+. The van der Waals surface area contributed by atoms with Crippen molar-refractivity contribution < 1.29 is 5.53 Å². The number of amidine groups is 1. The van der Waals surface area contributed by atoms with E-state index in [2.05, 4.69) is 94.2 Å². The van der Waals surface area contributed by atoms with E-state index in [0.29, 0.717) is 0 Å². The maximum atomic E-state index is 5.01. The van der Waals surface area contributed by atoms with Crippen LogP contribution < -0.4 is 16.5 Å². The van der Waals surface area contributed by atoms with Crippen molar-refractivity contribution in [2.45, 2.75) is 0 Å². The van der Waals surface area contributed by atoms with Gasteiger partial charge in [0.2, 0.25) is 5.84 Å². The van der Waals surface area contributed by atoms with Gasteiger partial charge < -0.3 is 0 Å². The van der Waals surface area contributed by atoms with E-state index in [1.807, 2.05) is 6.07 Å². The van der Waals surface area contributed by atoms with E-state index in [0.717, 1.165) is 28.0 Å². The quantitative estimate of drug-likeness (QED) is 0.395. The summed E-state index contributed by atoms with van der Waals surface area (Å²) in [6.07, 6.45) is 0. The highest BCUT2D eigenvalue weighted by molar-refractivity contribution is 7.13. The second-order valence-corrected chi connectivity index (χ2v) is 8.12. The standard InChI is InChI=1S/C24H17N5S/c1-2-7-18-15(5-1)6-3-8-19(18)20-14-17(22-9-4-12-30-22)13-16-10-11-21(25-23(16)20)24-26-28-29-27-24/h1-14,28-29H,(H,26,27)/p+1. The summed E-state index contributed by atoms with van der Waals surface area (Å²) < 4.78 is 0. The van der Waals surface area contributed by atoms with Gasteiger partial charge >= 0.3 is 0 Å². The molecule has 0 spiro atoms. The van der Waals surface area contributed by atoms with Gasteiger partial charge in [-0.2, -0.15) is 0 Å². The predicted molar refractivity (Wildman–Crippen MR) is 123 cm³/mol. The minimum Gasteiger partial charge on any atom is -0.253 e. The Kier molecular flexibility index (Phi) is 4.06. The lowest BCUT2D eigenvalue weighted by Crippen LogP contribution is -2.87. The molecule has 5 aromatic rings. The number of fused-ring (bicyclic) bond motifs is 2. The first-order chi connectivity index (χ1) is 14.9. The van der Waals surface area contributed by atoms with Crippen molar-refractivity contribution in [1.82, 2.24) is 15.9 Å². The predicted octanol–water partition coefficient (Wildman–Crippen LogP) is 4.03. The van der Waals surface area contributed by atoms with Gasteiger partial charge in [0.25, 0.3) is 0 Å². The van der Waals surface area contributed by atoms with Gasteiger partial charge in [0.1, 0.15) is 5.69 Å². The molecule has 1 aliphatic rings. The summed E-state index contributed by atoms with van der Waals surface area (Å²) in [6, 6.07) is 27.9. The van der Waals surface area contributed by atoms with Gasteiger partial charge in [0.05, 0.1) is 5.52 Å². The lowest BCUT2D eigenvalue weighted by Gasteiger charge is -2.13. The monoisotopic (exact) mass is 408 g/mol. The lowest BCUT2D eigenvalue weighted by atomic mass is 9.94. The summed E-state index contributed by atoms with van der Waals surface area (Å²) in [5.41, 5.74) is 12.9. The molecule has 3 aromatic carbocycles. The van der Waals surface area contributed by atoms with Crippen LogP contribution in [0.15, 0.2) is 89.3 Å². The van der Waals surface area contributed by atoms with E-state index in [1.54, 1.807) is 16.9 Å². The van der Waals surface area contributed by atoms with Gasteiger partial charge in [-0.25, -0.2) is 4.98 Å². The number of benzene rings is 3. The van der Waals surface area contributed by atoms with Gasteiger partial charge in [-0.1, -0.05) is 60.1 Å². The number of pyridine rings is 1. The molecule has 30 heavy (non-hydrogen) atoms. The van der Waals surface area contributed by atoms with Crippen LogP contribution in [-0.2, 0) is 0 Å². The Morgan fingerprint density at radius 2 is 1.73 bits per heavy atom. The molecule has 0 saturated heterocycles. The third kappa shape index (κ3) is 2.86. The van der Waals surface area contributed by atoms with E-state index in [1.165, 1.54) is 26.8 Å². The molecule has 3 heterocycles. The van der Waals surface area contributed by atoms with Crippen molar-refractivity contribution in [3.8, 4) is 21.6 Å². The highest BCUT2D eigenvalue weighted by Crippen LogP contribution is 2.37. The number of rotatable bonds is 3. The summed E-state index contributed by atoms with van der Waals surface area (Å²) in [5.74, 6) is 0.725. The van der Waals surface area contributed by atoms with E-state index >= 15 is 0 Å². The molecule has 0 atom stereocenters. The molecule has 0 aliphatic carbocycles. The normalized spacial score (nSPS) is 13.5. The first-order valence-corrected chi connectivity index (χ1v) is 10.6. The van der Waals surface area contributed by atoms with Gasteiger partial charge in [-0.3, -0.25) is 5.43 Å². The maximum absolute atomic E-state index is 5.01. The zero-order valence-electron chi connectivity index (χ0n) is 16.0. The summed E-state index contributed by atoms with van der Waals surface area (Å²) in [5, 5.41) is 10.0. The van der Waals surface area contributed by atoms with Crippen molar-refractivity contribution in [2.75, 3.05) is 0 Å².